The number of methoxy groups -OCH3 is 1. The molecule has 2 rings (SSSR count). The van der Waals surface area contributed by atoms with Crippen LogP contribution in [0.1, 0.15) is 18.5 Å². The Labute approximate surface area is 146 Å². The summed E-state index contributed by atoms with van der Waals surface area (Å²) in [6.07, 6.45) is 1.48. The topological polar surface area (TPSA) is 85.9 Å². The lowest BCUT2D eigenvalue weighted by Crippen LogP contribution is -2.51. The summed E-state index contributed by atoms with van der Waals surface area (Å²) < 4.78 is 16.0. The summed E-state index contributed by atoms with van der Waals surface area (Å²) >= 11 is 0. The van der Waals surface area contributed by atoms with Gasteiger partial charge in [-0.3, -0.25) is 4.79 Å². The molecular weight excluding hydrogens is 324 g/mol. The van der Waals surface area contributed by atoms with Gasteiger partial charge in [-0.2, -0.15) is 0 Å². The van der Waals surface area contributed by atoms with E-state index in [0.717, 1.165) is 0 Å². The molecule has 0 aromatic heterocycles. The maximum Gasteiger partial charge on any atom is 0.319 e. The van der Waals surface area contributed by atoms with Crippen LogP contribution in [0.25, 0.3) is 0 Å². The van der Waals surface area contributed by atoms with Crippen LogP contribution in [-0.4, -0.2) is 32.3 Å². The van der Waals surface area contributed by atoms with Gasteiger partial charge in [-0.05, 0) is 24.6 Å². The molecule has 7 nitrogen and oxygen atoms in total. The first-order chi connectivity index (χ1) is 12.0. The van der Waals surface area contributed by atoms with Crippen LogP contribution >= 0.6 is 0 Å². The smallest absolute Gasteiger partial charge is 0.319 e. The van der Waals surface area contributed by atoms with Crippen molar-refractivity contribution >= 4 is 12.0 Å². The van der Waals surface area contributed by atoms with E-state index in [0.29, 0.717) is 23.7 Å². The van der Waals surface area contributed by atoms with Crippen molar-refractivity contribution in [1.29, 1.82) is 0 Å². The Bertz CT molecular complexity index is 686. The number of ether oxygens (including phenoxy) is 3. The normalized spacial score (nSPS) is 19.4. The number of nitrogens with one attached hydrogen (secondary N) is 2. The molecule has 1 aromatic carbocycles. The first-order valence-electron chi connectivity index (χ1n) is 7.86. The zero-order chi connectivity index (χ0) is 18.4. The SMILES string of the molecule is C=CCOC(=O)[C@H]1C(=C)NC(=O)N[C@@H]1c1ccc(OCC)c(OC)c1. The Morgan fingerprint density at radius 3 is 2.76 bits per heavy atom. The number of rotatable bonds is 7. The third-order valence-corrected chi connectivity index (χ3v) is 3.71. The van der Waals surface area contributed by atoms with Crippen LogP contribution in [0.4, 0.5) is 4.79 Å². The van der Waals surface area contributed by atoms with Gasteiger partial charge in [0, 0.05) is 5.70 Å². The Balaban J connectivity index is 2.37. The maximum absolute atomic E-state index is 12.4. The Kier molecular flexibility index (Phi) is 6.05. The van der Waals surface area contributed by atoms with E-state index in [2.05, 4.69) is 23.8 Å². The first kappa shape index (κ1) is 18.4. The zero-order valence-electron chi connectivity index (χ0n) is 14.3. The molecule has 1 aliphatic rings. The number of hydrogen-bond acceptors (Lipinski definition) is 5. The molecule has 2 N–H and O–H groups in total. The average Bonchev–Trinajstić information content (AvgIpc) is 2.59. The average molecular weight is 346 g/mol. The van der Waals surface area contributed by atoms with Crippen molar-refractivity contribution < 1.29 is 23.8 Å². The van der Waals surface area contributed by atoms with Crippen molar-refractivity contribution in [3.05, 3.63) is 48.7 Å². The van der Waals surface area contributed by atoms with Gasteiger partial charge in [0.1, 0.15) is 12.5 Å². The molecule has 1 heterocycles. The van der Waals surface area contributed by atoms with Crippen LogP contribution in [0.3, 0.4) is 0 Å². The van der Waals surface area contributed by atoms with Crippen molar-refractivity contribution in [3.8, 4) is 11.5 Å². The molecule has 25 heavy (non-hydrogen) atoms. The summed E-state index contributed by atoms with van der Waals surface area (Å²) in [5, 5.41) is 5.26. The predicted molar refractivity (Wildman–Crippen MR) is 92.4 cm³/mol. The van der Waals surface area contributed by atoms with Crippen LogP contribution in [0.2, 0.25) is 0 Å². The maximum atomic E-state index is 12.4. The minimum absolute atomic E-state index is 0.0792. The molecule has 1 aliphatic heterocycles. The fourth-order valence-corrected chi connectivity index (χ4v) is 2.62. The van der Waals surface area contributed by atoms with Gasteiger partial charge in [0.25, 0.3) is 0 Å². The van der Waals surface area contributed by atoms with Gasteiger partial charge < -0.3 is 24.8 Å². The van der Waals surface area contributed by atoms with Crippen molar-refractivity contribution in [2.75, 3.05) is 20.3 Å². The summed E-state index contributed by atoms with van der Waals surface area (Å²) in [4.78, 5) is 24.3. The van der Waals surface area contributed by atoms with E-state index in [1.54, 1.807) is 18.2 Å². The lowest BCUT2D eigenvalue weighted by molar-refractivity contribution is -0.147. The number of benzene rings is 1. The van der Waals surface area contributed by atoms with Gasteiger partial charge in [-0.15, -0.1) is 0 Å². The minimum atomic E-state index is -0.778. The molecule has 0 spiro atoms. The summed E-state index contributed by atoms with van der Waals surface area (Å²) in [5.74, 6) is -0.190. The Morgan fingerprint density at radius 1 is 1.36 bits per heavy atom. The molecule has 134 valence electrons. The molecule has 2 amide bonds. The van der Waals surface area contributed by atoms with Crippen molar-refractivity contribution in [1.82, 2.24) is 10.6 Å². The van der Waals surface area contributed by atoms with Gasteiger partial charge in [-0.1, -0.05) is 25.3 Å². The molecule has 0 unspecified atom stereocenters. The van der Waals surface area contributed by atoms with Crippen LogP contribution in [-0.2, 0) is 9.53 Å². The number of amides is 2. The van der Waals surface area contributed by atoms with E-state index in [4.69, 9.17) is 14.2 Å². The molecule has 0 aliphatic carbocycles. The predicted octanol–water partition coefficient (Wildman–Crippen LogP) is 2.31. The Hall–Kier alpha value is -2.96. The van der Waals surface area contributed by atoms with Gasteiger partial charge >= 0.3 is 12.0 Å². The van der Waals surface area contributed by atoms with E-state index in [1.165, 1.54) is 13.2 Å². The number of esters is 1. The summed E-state index contributed by atoms with van der Waals surface area (Å²) in [6, 6.07) is 4.16. The van der Waals surface area contributed by atoms with Gasteiger partial charge in [-0.25, -0.2) is 4.79 Å². The van der Waals surface area contributed by atoms with Crippen LogP contribution in [0.5, 0.6) is 11.5 Å². The Morgan fingerprint density at radius 2 is 2.12 bits per heavy atom. The molecule has 7 heteroatoms. The molecule has 1 fully saturated rings. The van der Waals surface area contributed by atoms with Gasteiger partial charge in [0.05, 0.1) is 19.8 Å². The van der Waals surface area contributed by atoms with Crippen LogP contribution in [0, 0.1) is 5.92 Å². The third kappa shape index (κ3) is 4.12. The second-order valence-electron chi connectivity index (χ2n) is 5.34. The fraction of sp³-hybridized carbons (Fsp3) is 0.333. The monoisotopic (exact) mass is 346 g/mol. The van der Waals surface area contributed by atoms with E-state index >= 15 is 0 Å². The number of carbonyl (C=O) groups excluding carboxylic acids is 2. The molecule has 2 atom stereocenters. The molecule has 0 saturated carbocycles. The molecule has 0 bridgehead atoms. The number of carbonyl (C=O) groups is 2. The second-order valence-corrected chi connectivity index (χ2v) is 5.34. The van der Waals surface area contributed by atoms with Crippen LogP contribution < -0.4 is 20.1 Å². The van der Waals surface area contributed by atoms with Crippen molar-refractivity contribution in [2.24, 2.45) is 5.92 Å². The molecule has 0 radical (unpaired) electrons. The number of urea groups is 1. The largest absolute Gasteiger partial charge is 0.493 e. The molecule has 1 aromatic rings. The highest BCUT2D eigenvalue weighted by molar-refractivity contribution is 5.85. The standard InChI is InChI=1S/C18H22N2O5/c1-5-9-25-17(21)15-11(3)19-18(22)20-16(15)12-7-8-13(24-6-2)14(10-12)23-4/h5,7-8,10,15-16H,1,3,6,9H2,2,4H3,(H2,19,20,22)/t15-,16+/m0/s1. The quantitative estimate of drug-likeness (QED) is 0.584. The fourth-order valence-electron chi connectivity index (χ4n) is 2.62. The van der Waals surface area contributed by atoms with Gasteiger partial charge in [0.15, 0.2) is 11.5 Å². The molecule has 1 saturated heterocycles. The van der Waals surface area contributed by atoms with E-state index in [9.17, 15) is 9.59 Å². The lowest BCUT2D eigenvalue weighted by Gasteiger charge is -2.33. The summed E-state index contributed by atoms with van der Waals surface area (Å²) in [5.41, 5.74) is 0.951. The highest BCUT2D eigenvalue weighted by Gasteiger charge is 2.39. The minimum Gasteiger partial charge on any atom is -0.493 e. The van der Waals surface area contributed by atoms with E-state index < -0.39 is 24.0 Å². The molecular formula is C18H22N2O5. The summed E-state index contributed by atoms with van der Waals surface area (Å²) in [6.45, 7) is 9.75. The van der Waals surface area contributed by atoms with Crippen LogP contribution in [0.15, 0.2) is 43.1 Å². The number of hydrogen-bond donors (Lipinski definition) is 2. The van der Waals surface area contributed by atoms with Crippen molar-refractivity contribution in [2.45, 2.75) is 13.0 Å². The van der Waals surface area contributed by atoms with E-state index in [1.807, 2.05) is 6.92 Å². The first-order valence-corrected chi connectivity index (χ1v) is 7.86. The van der Waals surface area contributed by atoms with Crippen molar-refractivity contribution in [3.63, 3.8) is 0 Å². The third-order valence-electron chi connectivity index (χ3n) is 3.71. The van der Waals surface area contributed by atoms with Gasteiger partial charge in [0.2, 0.25) is 0 Å². The zero-order valence-corrected chi connectivity index (χ0v) is 14.3. The summed E-state index contributed by atoms with van der Waals surface area (Å²) in [7, 11) is 1.53. The van der Waals surface area contributed by atoms with E-state index in [-0.39, 0.29) is 12.3 Å². The lowest BCUT2D eigenvalue weighted by atomic mass is 9.89. The second kappa shape index (κ2) is 8.23. The highest BCUT2D eigenvalue weighted by atomic mass is 16.5. The highest BCUT2D eigenvalue weighted by Crippen LogP contribution is 2.35.